The summed E-state index contributed by atoms with van der Waals surface area (Å²) in [5.41, 5.74) is 0.247. The van der Waals surface area contributed by atoms with E-state index in [0.717, 1.165) is 25.9 Å². The molecule has 1 aliphatic heterocycles. The molecule has 0 aliphatic carbocycles. The molecule has 116 valence electrons. The Balaban J connectivity index is 2.21. The molecule has 0 radical (unpaired) electrons. The standard InChI is InChI=1S/C15H22N2O3S/c1-2-10-21(19,20)14-8-4-3-7-13(14)15(18)17-12-6-5-9-16-11-12/h3-4,7-8,12,16H,2,5-6,9-11H2,1H3,(H,17,18)/t12-/m0/s1. The minimum Gasteiger partial charge on any atom is -0.348 e. The zero-order chi connectivity index (χ0) is 15.3. The van der Waals surface area contributed by atoms with E-state index in [4.69, 9.17) is 0 Å². The minimum atomic E-state index is -3.40. The van der Waals surface area contributed by atoms with Crippen molar-refractivity contribution < 1.29 is 13.2 Å². The summed E-state index contributed by atoms with van der Waals surface area (Å²) in [5.74, 6) is -0.249. The van der Waals surface area contributed by atoms with Crippen LogP contribution in [0.4, 0.5) is 0 Å². The third-order valence-corrected chi connectivity index (χ3v) is 5.54. The van der Waals surface area contributed by atoms with Crippen LogP contribution in [0.15, 0.2) is 29.2 Å². The Bertz CT molecular complexity index is 593. The molecule has 1 amide bonds. The van der Waals surface area contributed by atoms with Crippen molar-refractivity contribution in [2.24, 2.45) is 0 Å². The first-order valence-corrected chi connectivity index (χ1v) is 9.03. The molecule has 1 aromatic rings. The summed E-state index contributed by atoms with van der Waals surface area (Å²) in [4.78, 5) is 12.5. The summed E-state index contributed by atoms with van der Waals surface area (Å²) in [7, 11) is -3.40. The van der Waals surface area contributed by atoms with Gasteiger partial charge in [0.05, 0.1) is 16.2 Å². The molecule has 0 bridgehead atoms. The highest BCUT2D eigenvalue weighted by molar-refractivity contribution is 7.91. The molecule has 1 atom stereocenters. The number of nitrogens with one attached hydrogen (secondary N) is 2. The lowest BCUT2D eigenvalue weighted by molar-refractivity contribution is 0.0927. The number of amides is 1. The van der Waals surface area contributed by atoms with Crippen LogP contribution in [0.3, 0.4) is 0 Å². The Morgan fingerprint density at radius 1 is 1.38 bits per heavy atom. The molecule has 0 aromatic heterocycles. The van der Waals surface area contributed by atoms with Gasteiger partial charge in [0.15, 0.2) is 9.84 Å². The number of hydrogen-bond acceptors (Lipinski definition) is 4. The number of sulfone groups is 1. The first-order valence-electron chi connectivity index (χ1n) is 7.38. The molecular formula is C15H22N2O3S. The van der Waals surface area contributed by atoms with Gasteiger partial charge in [-0.15, -0.1) is 0 Å². The van der Waals surface area contributed by atoms with E-state index in [2.05, 4.69) is 10.6 Å². The van der Waals surface area contributed by atoms with Gasteiger partial charge in [-0.1, -0.05) is 19.1 Å². The first-order chi connectivity index (χ1) is 10.0. The lowest BCUT2D eigenvalue weighted by Crippen LogP contribution is -2.45. The van der Waals surface area contributed by atoms with Gasteiger partial charge in [0.1, 0.15) is 0 Å². The quantitative estimate of drug-likeness (QED) is 0.861. The Morgan fingerprint density at radius 3 is 2.81 bits per heavy atom. The Morgan fingerprint density at radius 2 is 2.14 bits per heavy atom. The predicted octanol–water partition coefficient (Wildman–Crippen LogP) is 1.35. The lowest BCUT2D eigenvalue weighted by atomic mass is 10.1. The zero-order valence-corrected chi connectivity index (χ0v) is 13.1. The van der Waals surface area contributed by atoms with E-state index < -0.39 is 9.84 Å². The highest BCUT2D eigenvalue weighted by Crippen LogP contribution is 2.18. The highest BCUT2D eigenvalue weighted by atomic mass is 32.2. The molecule has 1 aromatic carbocycles. The van der Waals surface area contributed by atoms with E-state index in [1.807, 2.05) is 6.92 Å². The van der Waals surface area contributed by atoms with Crippen molar-refractivity contribution in [2.45, 2.75) is 37.1 Å². The van der Waals surface area contributed by atoms with Crippen LogP contribution in [-0.4, -0.2) is 39.2 Å². The summed E-state index contributed by atoms with van der Waals surface area (Å²) >= 11 is 0. The smallest absolute Gasteiger partial charge is 0.252 e. The largest absolute Gasteiger partial charge is 0.348 e. The van der Waals surface area contributed by atoms with Crippen LogP contribution in [0.5, 0.6) is 0 Å². The van der Waals surface area contributed by atoms with E-state index in [-0.39, 0.29) is 28.2 Å². The second-order valence-electron chi connectivity index (χ2n) is 5.33. The number of benzene rings is 1. The van der Waals surface area contributed by atoms with Crippen molar-refractivity contribution in [1.29, 1.82) is 0 Å². The van der Waals surface area contributed by atoms with Crippen molar-refractivity contribution >= 4 is 15.7 Å². The van der Waals surface area contributed by atoms with Gasteiger partial charge in [-0.25, -0.2) is 8.42 Å². The first kappa shape index (κ1) is 16.0. The van der Waals surface area contributed by atoms with Gasteiger partial charge < -0.3 is 10.6 Å². The summed E-state index contributed by atoms with van der Waals surface area (Å²) in [6.45, 7) is 3.51. The molecule has 2 rings (SSSR count). The van der Waals surface area contributed by atoms with Crippen molar-refractivity contribution in [3.63, 3.8) is 0 Å². The Hall–Kier alpha value is -1.40. The van der Waals surface area contributed by atoms with Gasteiger partial charge in [-0.2, -0.15) is 0 Å². The normalized spacial score (nSPS) is 19.2. The van der Waals surface area contributed by atoms with E-state index >= 15 is 0 Å². The molecule has 0 saturated carbocycles. The maximum absolute atomic E-state index is 12.4. The van der Waals surface area contributed by atoms with E-state index in [1.54, 1.807) is 18.2 Å². The van der Waals surface area contributed by atoms with Gasteiger partial charge in [-0.3, -0.25) is 4.79 Å². The molecule has 6 heteroatoms. The summed E-state index contributed by atoms with van der Waals surface area (Å²) in [6, 6.07) is 6.50. The second kappa shape index (κ2) is 7.04. The number of rotatable bonds is 5. The van der Waals surface area contributed by atoms with Crippen molar-refractivity contribution in [2.75, 3.05) is 18.8 Å². The minimum absolute atomic E-state index is 0.0578. The van der Waals surface area contributed by atoms with Crippen LogP contribution in [0.2, 0.25) is 0 Å². The number of carbonyl (C=O) groups is 1. The highest BCUT2D eigenvalue weighted by Gasteiger charge is 2.23. The molecule has 0 unspecified atom stereocenters. The van der Waals surface area contributed by atoms with Crippen LogP contribution in [0.1, 0.15) is 36.5 Å². The van der Waals surface area contributed by atoms with Crippen molar-refractivity contribution in [3.8, 4) is 0 Å². The fourth-order valence-corrected chi connectivity index (χ4v) is 4.08. The van der Waals surface area contributed by atoms with Crippen molar-refractivity contribution in [3.05, 3.63) is 29.8 Å². The number of hydrogen-bond donors (Lipinski definition) is 2. The Labute approximate surface area is 126 Å². The van der Waals surface area contributed by atoms with E-state index in [9.17, 15) is 13.2 Å². The molecular weight excluding hydrogens is 288 g/mol. The molecule has 21 heavy (non-hydrogen) atoms. The molecule has 1 heterocycles. The fourth-order valence-electron chi connectivity index (χ4n) is 2.54. The third-order valence-electron chi connectivity index (χ3n) is 3.57. The predicted molar refractivity (Wildman–Crippen MR) is 82.1 cm³/mol. The van der Waals surface area contributed by atoms with E-state index in [1.165, 1.54) is 6.07 Å². The molecule has 0 spiro atoms. The maximum atomic E-state index is 12.4. The summed E-state index contributed by atoms with van der Waals surface area (Å²) in [6.07, 6.45) is 2.47. The average molecular weight is 310 g/mol. The van der Waals surface area contributed by atoms with Gasteiger partial charge in [-0.05, 0) is 37.9 Å². The third kappa shape index (κ3) is 4.04. The molecule has 5 nitrogen and oxygen atoms in total. The average Bonchev–Trinajstić information content (AvgIpc) is 2.48. The molecule has 1 saturated heterocycles. The van der Waals surface area contributed by atoms with Crippen molar-refractivity contribution in [1.82, 2.24) is 10.6 Å². The van der Waals surface area contributed by atoms with Crippen LogP contribution >= 0.6 is 0 Å². The Kier molecular flexibility index (Phi) is 5.36. The van der Waals surface area contributed by atoms with Crippen LogP contribution in [0, 0.1) is 0 Å². The van der Waals surface area contributed by atoms with Gasteiger partial charge in [0.25, 0.3) is 5.91 Å². The number of carbonyl (C=O) groups excluding carboxylic acids is 1. The van der Waals surface area contributed by atoms with Gasteiger partial charge in [0.2, 0.25) is 0 Å². The van der Waals surface area contributed by atoms with Crippen LogP contribution < -0.4 is 10.6 Å². The van der Waals surface area contributed by atoms with Gasteiger partial charge >= 0.3 is 0 Å². The monoisotopic (exact) mass is 310 g/mol. The van der Waals surface area contributed by atoms with Gasteiger partial charge in [0, 0.05) is 12.6 Å². The van der Waals surface area contributed by atoms with Crippen LogP contribution in [0.25, 0.3) is 0 Å². The molecule has 1 fully saturated rings. The second-order valence-corrected chi connectivity index (χ2v) is 7.41. The lowest BCUT2D eigenvalue weighted by Gasteiger charge is -2.24. The topological polar surface area (TPSA) is 75.3 Å². The molecule has 1 aliphatic rings. The zero-order valence-electron chi connectivity index (χ0n) is 12.3. The molecule has 2 N–H and O–H groups in total. The fraction of sp³-hybridized carbons (Fsp3) is 0.533. The van der Waals surface area contributed by atoms with Crippen LogP contribution in [-0.2, 0) is 9.84 Å². The number of piperidine rings is 1. The maximum Gasteiger partial charge on any atom is 0.252 e. The van der Waals surface area contributed by atoms with E-state index in [0.29, 0.717) is 6.42 Å². The SMILES string of the molecule is CCCS(=O)(=O)c1ccccc1C(=O)N[C@H]1CCCNC1. The summed E-state index contributed by atoms with van der Waals surface area (Å²) < 4.78 is 24.5. The summed E-state index contributed by atoms with van der Waals surface area (Å²) in [5, 5.41) is 6.15.